The molecule has 0 bridgehead atoms. The average molecular weight is 339 g/mol. The molecule has 0 radical (unpaired) electrons. The molecule has 1 aromatic heterocycles. The molecule has 25 heavy (non-hydrogen) atoms. The summed E-state index contributed by atoms with van der Waals surface area (Å²) in [6.45, 7) is 1.09. The van der Waals surface area contributed by atoms with Gasteiger partial charge in [-0.3, -0.25) is 9.78 Å². The highest BCUT2D eigenvalue weighted by atomic mass is 19.1. The van der Waals surface area contributed by atoms with Crippen molar-refractivity contribution in [2.45, 2.75) is 18.5 Å². The highest BCUT2D eigenvalue weighted by molar-refractivity contribution is 6.04. The lowest BCUT2D eigenvalue weighted by Gasteiger charge is -2.42. The molecule has 1 spiro atoms. The lowest BCUT2D eigenvalue weighted by molar-refractivity contribution is 0.0685. The minimum absolute atomic E-state index is 0.0397. The summed E-state index contributed by atoms with van der Waals surface area (Å²) >= 11 is 0. The van der Waals surface area contributed by atoms with Gasteiger partial charge in [0.25, 0.3) is 5.91 Å². The molecule has 2 aromatic rings. The number of aromatic nitrogens is 1. The van der Waals surface area contributed by atoms with Crippen LogP contribution in [0.25, 0.3) is 0 Å². The summed E-state index contributed by atoms with van der Waals surface area (Å²) in [6.07, 6.45) is 4.42. The van der Waals surface area contributed by atoms with Gasteiger partial charge in [0, 0.05) is 44.0 Å². The van der Waals surface area contributed by atoms with E-state index in [1.54, 1.807) is 41.6 Å². The van der Waals surface area contributed by atoms with E-state index in [-0.39, 0.29) is 17.6 Å². The van der Waals surface area contributed by atoms with Crippen LogP contribution in [-0.2, 0) is 0 Å². The molecule has 1 aromatic carbocycles. The largest absolute Gasteiger partial charge is 0.383 e. The van der Waals surface area contributed by atoms with Crippen molar-refractivity contribution in [3.05, 3.63) is 59.7 Å². The topological polar surface area (TPSA) is 83.6 Å². The van der Waals surface area contributed by atoms with Crippen molar-refractivity contribution >= 4 is 17.4 Å². The van der Waals surface area contributed by atoms with Crippen LogP contribution in [0, 0.1) is 5.82 Å². The van der Waals surface area contributed by atoms with E-state index in [2.05, 4.69) is 15.3 Å². The third-order valence-electron chi connectivity index (χ3n) is 4.76. The van der Waals surface area contributed by atoms with Gasteiger partial charge in [-0.2, -0.15) is 0 Å². The molecule has 4 rings (SSSR count). The van der Waals surface area contributed by atoms with Gasteiger partial charge < -0.3 is 16.0 Å². The predicted molar refractivity (Wildman–Crippen MR) is 92.9 cm³/mol. The minimum atomic E-state index is -0.587. The number of carbonyl (C=O) groups is 1. The maximum atomic E-state index is 14.0. The summed E-state index contributed by atoms with van der Waals surface area (Å²) in [6, 6.07) is 8.32. The van der Waals surface area contributed by atoms with Crippen molar-refractivity contribution in [3.63, 3.8) is 0 Å². The molecule has 1 saturated heterocycles. The Labute approximate surface area is 144 Å². The van der Waals surface area contributed by atoms with Gasteiger partial charge in [0.15, 0.2) is 0 Å². The first-order valence-corrected chi connectivity index (χ1v) is 8.20. The Balaban J connectivity index is 1.53. The van der Waals surface area contributed by atoms with E-state index >= 15 is 0 Å². The van der Waals surface area contributed by atoms with Crippen LogP contribution in [0.15, 0.2) is 47.7 Å². The SMILES string of the molecule is NC1=NC2(CCN(C(=O)c3cccnc3)CC2)Nc2cccc(F)c21. The Hall–Kier alpha value is -2.96. The van der Waals surface area contributed by atoms with Gasteiger partial charge in [-0.25, -0.2) is 9.38 Å². The fourth-order valence-electron chi connectivity index (χ4n) is 3.44. The predicted octanol–water partition coefficient (Wildman–Crippen LogP) is 1.98. The molecule has 6 nitrogen and oxygen atoms in total. The highest BCUT2D eigenvalue weighted by Gasteiger charge is 2.39. The van der Waals surface area contributed by atoms with Crippen LogP contribution >= 0.6 is 0 Å². The second-order valence-electron chi connectivity index (χ2n) is 6.35. The number of fused-ring (bicyclic) bond motifs is 1. The zero-order valence-electron chi connectivity index (χ0n) is 13.6. The monoisotopic (exact) mass is 339 g/mol. The smallest absolute Gasteiger partial charge is 0.255 e. The number of benzene rings is 1. The van der Waals surface area contributed by atoms with E-state index < -0.39 is 5.66 Å². The van der Waals surface area contributed by atoms with Crippen molar-refractivity contribution in [1.82, 2.24) is 9.88 Å². The van der Waals surface area contributed by atoms with Gasteiger partial charge in [-0.05, 0) is 24.3 Å². The summed E-state index contributed by atoms with van der Waals surface area (Å²) < 4.78 is 14.0. The molecule has 0 unspecified atom stereocenters. The van der Waals surface area contributed by atoms with Gasteiger partial charge in [0.1, 0.15) is 17.3 Å². The van der Waals surface area contributed by atoms with Gasteiger partial charge >= 0.3 is 0 Å². The first kappa shape index (κ1) is 15.6. The summed E-state index contributed by atoms with van der Waals surface area (Å²) in [5, 5.41) is 3.33. The number of hydrogen-bond acceptors (Lipinski definition) is 5. The number of rotatable bonds is 1. The zero-order chi connectivity index (χ0) is 17.4. The molecular weight excluding hydrogens is 321 g/mol. The highest BCUT2D eigenvalue weighted by Crippen LogP contribution is 2.35. The number of nitrogens with one attached hydrogen (secondary N) is 1. The molecule has 0 aliphatic carbocycles. The molecule has 7 heteroatoms. The van der Waals surface area contributed by atoms with Crippen LogP contribution < -0.4 is 11.1 Å². The van der Waals surface area contributed by atoms with E-state index in [1.165, 1.54) is 6.07 Å². The number of aliphatic imine (C=N–C) groups is 1. The number of amidine groups is 1. The van der Waals surface area contributed by atoms with E-state index in [9.17, 15) is 9.18 Å². The van der Waals surface area contributed by atoms with E-state index in [4.69, 9.17) is 5.73 Å². The Morgan fingerprint density at radius 3 is 2.76 bits per heavy atom. The lowest BCUT2D eigenvalue weighted by atomic mass is 9.93. The average Bonchev–Trinajstić information content (AvgIpc) is 2.62. The van der Waals surface area contributed by atoms with Crippen LogP contribution in [-0.4, -0.2) is 40.4 Å². The number of anilines is 1. The Bertz CT molecular complexity index is 844. The molecule has 0 atom stereocenters. The van der Waals surface area contributed by atoms with Crippen molar-refractivity contribution in [1.29, 1.82) is 0 Å². The van der Waals surface area contributed by atoms with Crippen LogP contribution in [0.3, 0.4) is 0 Å². The molecule has 2 aliphatic rings. The molecular formula is C18H18FN5O. The standard InChI is InChI=1S/C18H18FN5O/c19-13-4-1-5-14-15(13)16(20)23-18(22-14)6-9-24(10-7-18)17(25)12-3-2-8-21-11-12/h1-5,8,11,22H,6-7,9-10H2,(H2,20,23). The Kier molecular flexibility index (Phi) is 3.63. The Morgan fingerprint density at radius 1 is 1.24 bits per heavy atom. The lowest BCUT2D eigenvalue weighted by Crippen LogP contribution is -2.52. The second kappa shape index (κ2) is 5.84. The van der Waals surface area contributed by atoms with Crippen molar-refractivity contribution in [2.24, 2.45) is 10.7 Å². The van der Waals surface area contributed by atoms with Gasteiger partial charge in [0.05, 0.1) is 11.1 Å². The van der Waals surface area contributed by atoms with Crippen molar-refractivity contribution in [2.75, 3.05) is 18.4 Å². The van der Waals surface area contributed by atoms with Crippen LogP contribution in [0.2, 0.25) is 0 Å². The fourth-order valence-corrected chi connectivity index (χ4v) is 3.44. The molecule has 2 aliphatic heterocycles. The number of halogens is 1. The molecule has 0 saturated carbocycles. The number of pyridine rings is 1. The van der Waals surface area contributed by atoms with Crippen molar-refractivity contribution in [3.8, 4) is 0 Å². The van der Waals surface area contributed by atoms with Crippen LogP contribution in [0.1, 0.15) is 28.8 Å². The summed E-state index contributed by atoms with van der Waals surface area (Å²) in [7, 11) is 0. The van der Waals surface area contributed by atoms with Gasteiger partial charge in [-0.15, -0.1) is 0 Å². The van der Waals surface area contributed by atoms with Gasteiger partial charge in [-0.1, -0.05) is 6.07 Å². The number of carbonyl (C=O) groups excluding carboxylic acids is 1. The normalized spacial score (nSPS) is 18.3. The fraction of sp³-hybridized carbons (Fsp3) is 0.278. The van der Waals surface area contributed by atoms with E-state index in [0.29, 0.717) is 42.7 Å². The molecule has 128 valence electrons. The number of nitrogens with two attached hydrogens (primary N) is 1. The number of nitrogens with zero attached hydrogens (tertiary/aromatic N) is 3. The maximum Gasteiger partial charge on any atom is 0.255 e. The van der Waals surface area contributed by atoms with Crippen molar-refractivity contribution < 1.29 is 9.18 Å². The number of hydrogen-bond donors (Lipinski definition) is 2. The molecule has 1 fully saturated rings. The maximum absolute atomic E-state index is 14.0. The third kappa shape index (κ3) is 2.71. The quantitative estimate of drug-likeness (QED) is 0.832. The van der Waals surface area contributed by atoms with E-state index in [0.717, 1.165) is 0 Å². The number of amides is 1. The first-order valence-electron chi connectivity index (χ1n) is 8.20. The number of likely N-dealkylation sites (tertiary alicyclic amines) is 1. The summed E-state index contributed by atoms with van der Waals surface area (Å²) in [5.41, 5.74) is 6.98. The summed E-state index contributed by atoms with van der Waals surface area (Å²) in [5.74, 6) is -0.216. The molecule has 3 heterocycles. The van der Waals surface area contributed by atoms with Gasteiger partial charge in [0.2, 0.25) is 0 Å². The number of piperidine rings is 1. The molecule has 1 amide bonds. The third-order valence-corrected chi connectivity index (χ3v) is 4.76. The summed E-state index contributed by atoms with van der Waals surface area (Å²) in [4.78, 5) is 22.9. The minimum Gasteiger partial charge on any atom is -0.383 e. The second-order valence-corrected chi connectivity index (χ2v) is 6.35. The first-order chi connectivity index (χ1) is 12.1. The molecule has 3 N–H and O–H groups in total. The zero-order valence-corrected chi connectivity index (χ0v) is 13.6. The van der Waals surface area contributed by atoms with Crippen LogP contribution in [0.4, 0.5) is 10.1 Å². The Morgan fingerprint density at radius 2 is 2.04 bits per heavy atom. The van der Waals surface area contributed by atoms with Crippen LogP contribution in [0.5, 0.6) is 0 Å². The van der Waals surface area contributed by atoms with E-state index in [1.807, 2.05) is 0 Å².